The highest BCUT2D eigenvalue weighted by Gasteiger charge is 2.09. The first-order valence-corrected chi connectivity index (χ1v) is 5.56. The summed E-state index contributed by atoms with van der Waals surface area (Å²) in [5.41, 5.74) is 1.70. The SMILES string of the molecule is Cn1c(-c2ccc(F)cc2)cnc1CCC(=O)O. The molecule has 2 aromatic rings. The number of benzene rings is 1. The molecule has 0 aliphatic rings. The molecule has 0 atom stereocenters. The molecule has 0 saturated carbocycles. The number of nitrogens with zero attached hydrogens (tertiary/aromatic N) is 2. The van der Waals surface area contributed by atoms with E-state index < -0.39 is 5.97 Å². The number of hydrogen-bond donors (Lipinski definition) is 1. The summed E-state index contributed by atoms with van der Waals surface area (Å²) in [7, 11) is 1.82. The summed E-state index contributed by atoms with van der Waals surface area (Å²) in [6.45, 7) is 0. The van der Waals surface area contributed by atoms with Crippen molar-refractivity contribution < 1.29 is 14.3 Å². The molecule has 0 bridgehead atoms. The van der Waals surface area contributed by atoms with Crippen LogP contribution in [0.3, 0.4) is 0 Å². The molecule has 0 amide bonds. The minimum Gasteiger partial charge on any atom is -0.481 e. The summed E-state index contributed by atoms with van der Waals surface area (Å²) in [5.74, 6) is -0.426. The zero-order valence-corrected chi connectivity index (χ0v) is 9.93. The summed E-state index contributed by atoms with van der Waals surface area (Å²) in [5, 5.41) is 8.64. The van der Waals surface area contributed by atoms with E-state index in [9.17, 15) is 9.18 Å². The van der Waals surface area contributed by atoms with Gasteiger partial charge in [-0.15, -0.1) is 0 Å². The van der Waals surface area contributed by atoms with Gasteiger partial charge in [-0.2, -0.15) is 0 Å². The highest BCUT2D eigenvalue weighted by atomic mass is 19.1. The van der Waals surface area contributed by atoms with E-state index in [1.807, 2.05) is 11.6 Å². The van der Waals surface area contributed by atoms with Crippen molar-refractivity contribution in [2.75, 3.05) is 0 Å². The fourth-order valence-electron chi connectivity index (χ4n) is 1.79. The Labute approximate surface area is 104 Å². The summed E-state index contributed by atoms with van der Waals surface area (Å²) in [6, 6.07) is 6.12. The molecular weight excluding hydrogens is 235 g/mol. The number of carboxylic acid groups (broad SMARTS) is 1. The average molecular weight is 248 g/mol. The van der Waals surface area contributed by atoms with Gasteiger partial charge in [0.25, 0.3) is 0 Å². The van der Waals surface area contributed by atoms with Crippen molar-refractivity contribution in [1.29, 1.82) is 0 Å². The van der Waals surface area contributed by atoms with Gasteiger partial charge in [-0.25, -0.2) is 9.37 Å². The lowest BCUT2D eigenvalue weighted by Gasteiger charge is -2.05. The maximum absolute atomic E-state index is 12.8. The molecule has 0 unspecified atom stereocenters. The summed E-state index contributed by atoms with van der Waals surface area (Å²) in [4.78, 5) is 14.7. The van der Waals surface area contributed by atoms with E-state index in [1.165, 1.54) is 12.1 Å². The second-order valence-electron chi connectivity index (χ2n) is 4.02. The fourth-order valence-corrected chi connectivity index (χ4v) is 1.79. The minimum atomic E-state index is -0.846. The third kappa shape index (κ3) is 2.56. The van der Waals surface area contributed by atoms with Crippen LogP contribution >= 0.6 is 0 Å². The van der Waals surface area contributed by atoms with Crippen LogP contribution in [0.1, 0.15) is 12.2 Å². The van der Waals surface area contributed by atoms with Gasteiger partial charge < -0.3 is 9.67 Å². The molecule has 0 aliphatic carbocycles. The Bertz CT molecular complexity index is 561. The lowest BCUT2D eigenvalue weighted by atomic mass is 10.1. The standard InChI is InChI=1S/C13H13FN2O2/c1-16-11(9-2-4-10(14)5-3-9)8-15-12(16)6-7-13(17)18/h2-5,8H,6-7H2,1H3,(H,17,18). The Hall–Kier alpha value is -2.17. The van der Waals surface area contributed by atoms with Crippen LogP contribution in [0.15, 0.2) is 30.5 Å². The third-order valence-corrected chi connectivity index (χ3v) is 2.79. The number of aromatic nitrogens is 2. The van der Waals surface area contributed by atoms with E-state index in [0.717, 1.165) is 11.3 Å². The predicted molar refractivity (Wildman–Crippen MR) is 64.6 cm³/mol. The smallest absolute Gasteiger partial charge is 0.303 e. The molecule has 0 spiro atoms. The van der Waals surface area contributed by atoms with Gasteiger partial charge in [0.1, 0.15) is 11.6 Å². The van der Waals surface area contributed by atoms with Crippen molar-refractivity contribution in [3.8, 4) is 11.3 Å². The number of imidazole rings is 1. The zero-order chi connectivity index (χ0) is 13.1. The van der Waals surface area contributed by atoms with Crippen LogP contribution in [0.5, 0.6) is 0 Å². The summed E-state index contributed by atoms with van der Waals surface area (Å²) in [6.07, 6.45) is 2.10. The van der Waals surface area contributed by atoms with Gasteiger partial charge in [-0.3, -0.25) is 4.79 Å². The van der Waals surface area contributed by atoms with Crippen LogP contribution in [0.4, 0.5) is 4.39 Å². The molecule has 0 radical (unpaired) electrons. The highest BCUT2D eigenvalue weighted by molar-refractivity contribution is 5.67. The second kappa shape index (κ2) is 5.00. The molecule has 0 saturated heterocycles. The van der Waals surface area contributed by atoms with Gasteiger partial charge in [-0.05, 0) is 29.8 Å². The Morgan fingerprint density at radius 1 is 1.39 bits per heavy atom. The van der Waals surface area contributed by atoms with Crippen molar-refractivity contribution in [2.24, 2.45) is 7.05 Å². The average Bonchev–Trinajstić information content (AvgIpc) is 2.69. The van der Waals surface area contributed by atoms with Crippen LogP contribution < -0.4 is 0 Å². The van der Waals surface area contributed by atoms with Crippen LogP contribution in [0.25, 0.3) is 11.3 Å². The molecule has 94 valence electrons. The minimum absolute atomic E-state index is 0.0493. The molecule has 0 aliphatic heterocycles. The summed E-state index contributed by atoms with van der Waals surface area (Å²) >= 11 is 0. The van der Waals surface area contributed by atoms with Gasteiger partial charge in [-0.1, -0.05) is 0 Å². The summed E-state index contributed by atoms with van der Waals surface area (Å²) < 4.78 is 14.7. The first-order valence-electron chi connectivity index (χ1n) is 5.56. The van der Waals surface area contributed by atoms with E-state index in [2.05, 4.69) is 4.98 Å². The topological polar surface area (TPSA) is 55.1 Å². The molecule has 2 rings (SSSR count). The van der Waals surface area contributed by atoms with Gasteiger partial charge in [0.15, 0.2) is 0 Å². The predicted octanol–water partition coefficient (Wildman–Crippen LogP) is 2.24. The van der Waals surface area contributed by atoms with Crippen molar-refractivity contribution >= 4 is 5.97 Å². The molecule has 4 nitrogen and oxygen atoms in total. The van der Waals surface area contributed by atoms with E-state index in [4.69, 9.17) is 5.11 Å². The number of carbonyl (C=O) groups is 1. The van der Waals surface area contributed by atoms with Crippen LogP contribution in [0, 0.1) is 5.82 Å². The molecular formula is C13H13FN2O2. The molecule has 1 aromatic carbocycles. The highest BCUT2D eigenvalue weighted by Crippen LogP contribution is 2.20. The van der Waals surface area contributed by atoms with E-state index in [-0.39, 0.29) is 12.2 Å². The largest absolute Gasteiger partial charge is 0.481 e. The molecule has 0 fully saturated rings. The first kappa shape index (κ1) is 12.3. The molecule has 1 heterocycles. The van der Waals surface area contributed by atoms with E-state index >= 15 is 0 Å². The lowest BCUT2D eigenvalue weighted by molar-refractivity contribution is -0.137. The third-order valence-electron chi connectivity index (χ3n) is 2.79. The van der Waals surface area contributed by atoms with E-state index in [0.29, 0.717) is 12.2 Å². The Balaban J connectivity index is 2.25. The Kier molecular flexibility index (Phi) is 3.41. The van der Waals surface area contributed by atoms with Gasteiger partial charge in [0.05, 0.1) is 18.3 Å². The van der Waals surface area contributed by atoms with Gasteiger partial charge >= 0.3 is 5.97 Å². The van der Waals surface area contributed by atoms with Gasteiger partial charge in [0.2, 0.25) is 0 Å². The molecule has 18 heavy (non-hydrogen) atoms. The number of hydrogen-bond acceptors (Lipinski definition) is 2. The lowest BCUT2D eigenvalue weighted by Crippen LogP contribution is -2.04. The van der Waals surface area contributed by atoms with Crippen LogP contribution in [0.2, 0.25) is 0 Å². The zero-order valence-electron chi connectivity index (χ0n) is 9.93. The normalized spacial score (nSPS) is 10.6. The molecule has 1 aromatic heterocycles. The van der Waals surface area contributed by atoms with Gasteiger partial charge in [0, 0.05) is 13.5 Å². The monoisotopic (exact) mass is 248 g/mol. The van der Waals surface area contributed by atoms with Crippen molar-refractivity contribution in [1.82, 2.24) is 9.55 Å². The van der Waals surface area contributed by atoms with Crippen LogP contribution in [-0.2, 0) is 18.3 Å². The van der Waals surface area contributed by atoms with Crippen molar-refractivity contribution in [3.63, 3.8) is 0 Å². The molecule has 5 heteroatoms. The number of rotatable bonds is 4. The van der Waals surface area contributed by atoms with Crippen molar-refractivity contribution in [3.05, 3.63) is 42.1 Å². The maximum Gasteiger partial charge on any atom is 0.303 e. The van der Waals surface area contributed by atoms with Crippen LogP contribution in [-0.4, -0.2) is 20.6 Å². The second-order valence-corrected chi connectivity index (χ2v) is 4.02. The Morgan fingerprint density at radius 3 is 2.67 bits per heavy atom. The Morgan fingerprint density at radius 2 is 2.06 bits per heavy atom. The number of carboxylic acids is 1. The number of aryl methyl sites for hydroxylation is 1. The van der Waals surface area contributed by atoms with Crippen molar-refractivity contribution in [2.45, 2.75) is 12.8 Å². The molecule has 1 N–H and O–H groups in total. The number of aliphatic carboxylic acids is 1. The number of halogens is 1. The first-order chi connectivity index (χ1) is 8.58. The van der Waals surface area contributed by atoms with E-state index in [1.54, 1.807) is 18.3 Å². The fraction of sp³-hybridized carbons (Fsp3) is 0.231. The quantitative estimate of drug-likeness (QED) is 0.902. The maximum atomic E-state index is 12.8.